The minimum absolute atomic E-state index is 0.0393. The highest BCUT2D eigenvalue weighted by molar-refractivity contribution is 7.89. The molecule has 0 spiro atoms. The van der Waals surface area contributed by atoms with E-state index in [-0.39, 0.29) is 36.1 Å². The third-order valence-electron chi connectivity index (χ3n) is 5.61. The summed E-state index contributed by atoms with van der Waals surface area (Å²) >= 11 is 1.33. The normalized spacial score (nSPS) is 17.5. The van der Waals surface area contributed by atoms with Gasteiger partial charge in [-0.3, -0.25) is 4.79 Å². The number of carbonyl (C=O) groups is 2. The highest BCUT2D eigenvalue weighted by Gasteiger charge is 2.39. The Hall–Kier alpha value is -2.24. The Kier molecular flexibility index (Phi) is 6.87. The summed E-state index contributed by atoms with van der Waals surface area (Å²) in [5.74, 6) is -1.41. The standard InChI is InChI=1S/C20H28N4O5S2/c1-6-29-19(26)16-13(3)23(5)14(4)17(16)31(27,28)24-9-7-8-15(10-24)18(25)22-20-21-12(2)11-30-20/h11,15H,6-10H2,1-5H3,(H,21,22,25). The van der Waals surface area contributed by atoms with Gasteiger partial charge in [-0.2, -0.15) is 4.31 Å². The number of esters is 1. The Morgan fingerprint density at radius 2 is 2.00 bits per heavy atom. The average Bonchev–Trinajstić information content (AvgIpc) is 3.24. The summed E-state index contributed by atoms with van der Waals surface area (Å²) < 4.78 is 35.3. The fourth-order valence-corrected chi connectivity index (χ4v) is 6.49. The molecule has 0 radical (unpaired) electrons. The van der Waals surface area contributed by atoms with Crippen molar-refractivity contribution in [3.63, 3.8) is 0 Å². The third kappa shape index (κ3) is 4.53. The van der Waals surface area contributed by atoms with E-state index in [1.165, 1.54) is 15.6 Å². The van der Waals surface area contributed by atoms with E-state index in [4.69, 9.17) is 4.74 Å². The fourth-order valence-electron chi connectivity index (χ4n) is 3.80. The van der Waals surface area contributed by atoms with Crippen LogP contribution in [0.2, 0.25) is 0 Å². The zero-order chi connectivity index (χ0) is 22.9. The third-order valence-corrected chi connectivity index (χ3v) is 8.51. The molecule has 1 atom stereocenters. The molecule has 31 heavy (non-hydrogen) atoms. The first-order valence-electron chi connectivity index (χ1n) is 10.1. The number of carbonyl (C=O) groups excluding carboxylic acids is 2. The number of sulfonamides is 1. The lowest BCUT2D eigenvalue weighted by molar-refractivity contribution is -0.120. The van der Waals surface area contributed by atoms with Crippen LogP contribution < -0.4 is 5.32 Å². The van der Waals surface area contributed by atoms with E-state index < -0.39 is 21.9 Å². The van der Waals surface area contributed by atoms with Gasteiger partial charge in [-0.1, -0.05) is 0 Å². The number of thiazole rings is 1. The van der Waals surface area contributed by atoms with Crippen molar-refractivity contribution in [2.75, 3.05) is 25.0 Å². The predicted molar refractivity (Wildman–Crippen MR) is 118 cm³/mol. The van der Waals surface area contributed by atoms with Gasteiger partial charge in [0.05, 0.1) is 18.2 Å². The Morgan fingerprint density at radius 1 is 1.29 bits per heavy atom. The van der Waals surface area contributed by atoms with Gasteiger partial charge in [0.15, 0.2) is 5.13 Å². The van der Waals surface area contributed by atoms with Crippen LogP contribution in [-0.4, -0.2) is 53.8 Å². The van der Waals surface area contributed by atoms with E-state index in [9.17, 15) is 18.0 Å². The van der Waals surface area contributed by atoms with Crippen LogP contribution in [0.5, 0.6) is 0 Å². The molecule has 1 amide bonds. The van der Waals surface area contributed by atoms with Crippen LogP contribution in [0, 0.1) is 26.7 Å². The number of hydrogen-bond acceptors (Lipinski definition) is 7. The van der Waals surface area contributed by atoms with Crippen molar-refractivity contribution in [1.29, 1.82) is 0 Å². The summed E-state index contributed by atoms with van der Waals surface area (Å²) in [6.07, 6.45) is 1.13. The quantitative estimate of drug-likeness (QED) is 0.653. The Bertz CT molecular complexity index is 1100. The Balaban J connectivity index is 1.89. The molecule has 1 aliphatic heterocycles. The summed E-state index contributed by atoms with van der Waals surface area (Å²) in [6.45, 7) is 7.36. The summed E-state index contributed by atoms with van der Waals surface area (Å²) in [5, 5.41) is 5.12. The van der Waals surface area contributed by atoms with Crippen molar-refractivity contribution in [2.45, 2.75) is 45.4 Å². The van der Waals surface area contributed by atoms with E-state index in [2.05, 4.69) is 10.3 Å². The van der Waals surface area contributed by atoms with E-state index in [1.807, 2.05) is 12.3 Å². The molecule has 0 aromatic carbocycles. The average molecular weight is 469 g/mol. The van der Waals surface area contributed by atoms with Crippen LogP contribution in [0.15, 0.2) is 10.3 Å². The number of anilines is 1. The summed E-state index contributed by atoms with van der Waals surface area (Å²) in [4.78, 5) is 29.5. The molecule has 2 aromatic rings. The van der Waals surface area contributed by atoms with E-state index >= 15 is 0 Å². The molecule has 11 heteroatoms. The SMILES string of the molecule is CCOC(=O)c1c(S(=O)(=O)N2CCCC(C(=O)Nc3nc(C)cs3)C2)c(C)n(C)c1C. The maximum absolute atomic E-state index is 13.6. The zero-order valence-corrected chi connectivity index (χ0v) is 20.0. The zero-order valence-electron chi connectivity index (χ0n) is 18.4. The number of hydrogen-bond donors (Lipinski definition) is 1. The van der Waals surface area contributed by atoms with Gasteiger partial charge in [-0.15, -0.1) is 11.3 Å². The molecule has 3 rings (SSSR count). The summed E-state index contributed by atoms with van der Waals surface area (Å²) in [6, 6.07) is 0. The smallest absolute Gasteiger partial charge is 0.341 e. The van der Waals surface area contributed by atoms with Gasteiger partial charge in [0.2, 0.25) is 15.9 Å². The maximum atomic E-state index is 13.6. The molecule has 9 nitrogen and oxygen atoms in total. The van der Waals surface area contributed by atoms with Gasteiger partial charge in [-0.25, -0.2) is 18.2 Å². The maximum Gasteiger partial charge on any atom is 0.341 e. The van der Waals surface area contributed by atoms with E-state index in [0.717, 1.165) is 5.69 Å². The molecule has 0 bridgehead atoms. The molecule has 1 saturated heterocycles. The van der Waals surface area contributed by atoms with Crippen LogP contribution in [0.4, 0.5) is 5.13 Å². The van der Waals surface area contributed by atoms with Gasteiger partial charge in [0, 0.05) is 36.9 Å². The van der Waals surface area contributed by atoms with Gasteiger partial charge in [0.25, 0.3) is 0 Å². The van der Waals surface area contributed by atoms with Gasteiger partial charge in [0.1, 0.15) is 10.5 Å². The first-order valence-corrected chi connectivity index (χ1v) is 12.5. The Morgan fingerprint density at radius 3 is 2.61 bits per heavy atom. The Labute approximate surface area is 186 Å². The van der Waals surface area contributed by atoms with Crippen molar-refractivity contribution < 1.29 is 22.7 Å². The second-order valence-corrected chi connectivity index (χ2v) is 10.4. The largest absolute Gasteiger partial charge is 0.462 e. The number of aromatic nitrogens is 2. The van der Waals surface area contributed by atoms with Crippen molar-refractivity contribution >= 4 is 38.4 Å². The number of rotatable bonds is 6. The molecule has 1 unspecified atom stereocenters. The van der Waals surface area contributed by atoms with Crippen LogP contribution >= 0.6 is 11.3 Å². The lowest BCUT2D eigenvalue weighted by Gasteiger charge is -2.31. The van der Waals surface area contributed by atoms with E-state index in [1.54, 1.807) is 32.4 Å². The van der Waals surface area contributed by atoms with Crippen LogP contribution in [0.1, 0.15) is 47.2 Å². The van der Waals surface area contributed by atoms with Gasteiger partial charge >= 0.3 is 5.97 Å². The molecule has 1 N–H and O–H groups in total. The fraction of sp³-hybridized carbons (Fsp3) is 0.550. The van der Waals surface area contributed by atoms with Crippen molar-refractivity contribution in [3.8, 4) is 0 Å². The molecular formula is C20H28N4O5S2. The molecule has 170 valence electrons. The lowest BCUT2D eigenvalue weighted by Crippen LogP contribution is -2.44. The predicted octanol–water partition coefficient (Wildman–Crippen LogP) is 2.62. The van der Waals surface area contributed by atoms with E-state index in [0.29, 0.717) is 29.4 Å². The highest BCUT2D eigenvalue weighted by Crippen LogP contribution is 2.32. The molecule has 3 heterocycles. The van der Waals surface area contributed by atoms with Crippen molar-refractivity contribution in [3.05, 3.63) is 28.0 Å². The minimum Gasteiger partial charge on any atom is -0.462 e. The van der Waals surface area contributed by atoms with Crippen molar-refractivity contribution in [2.24, 2.45) is 13.0 Å². The highest BCUT2D eigenvalue weighted by atomic mass is 32.2. The molecule has 0 aliphatic carbocycles. The van der Waals surface area contributed by atoms with Crippen LogP contribution in [-0.2, 0) is 26.6 Å². The molecule has 1 aliphatic rings. The first-order chi connectivity index (χ1) is 14.6. The molecule has 2 aromatic heterocycles. The topological polar surface area (TPSA) is 111 Å². The molecular weight excluding hydrogens is 440 g/mol. The number of nitrogens with zero attached hydrogens (tertiary/aromatic N) is 3. The van der Waals surface area contributed by atoms with Gasteiger partial charge < -0.3 is 14.6 Å². The summed E-state index contributed by atoms with van der Waals surface area (Å²) in [5.41, 5.74) is 1.87. The number of aryl methyl sites for hydroxylation is 1. The molecule has 1 fully saturated rings. The number of piperidine rings is 1. The summed E-state index contributed by atoms with van der Waals surface area (Å²) in [7, 11) is -2.29. The first kappa shape index (κ1) is 23.4. The second-order valence-electron chi connectivity index (χ2n) is 7.64. The number of ether oxygens (including phenoxy) is 1. The van der Waals surface area contributed by atoms with Crippen molar-refractivity contribution in [1.82, 2.24) is 13.9 Å². The monoisotopic (exact) mass is 468 g/mol. The number of nitrogens with one attached hydrogen (secondary N) is 1. The lowest BCUT2D eigenvalue weighted by atomic mass is 9.99. The molecule has 0 saturated carbocycles. The second kappa shape index (κ2) is 9.09. The number of amides is 1. The van der Waals surface area contributed by atoms with Gasteiger partial charge in [-0.05, 0) is 40.5 Å². The van der Waals surface area contributed by atoms with Crippen LogP contribution in [0.25, 0.3) is 0 Å². The van der Waals surface area contributed by atoms with Crippen LogP contribution in [0.3, 0.4) is 0 Å². The minimum atomic E-state index is -4.00.